The molecule has 9 heavy (non-hydrogen) atoms. The maximum absolute atomic E-state index is 7.83. The highest BCUT2D eigenvalue weighted by Gasteiger charge is 2.15. The zero-order valence-corrected chi connectivity index (χ0v) is 4.17. The molecular weight excluding hydrogens is 134 g/mol. The first-order chi connectivity index (χ1) is 4.13. The van der Waals surface area contributed by atoms with Gasteiger partial charge in [0.05, 0.1) is 0 Å². The molecule has 0 fully saturated rings. The van der Waals surface area contributed by atoms with Crippen LogP contribution in [0.5, 0.6) is 0 Å². The van der Waals surface area contributed by atoms with Gasteiger partial charge in [-0.15, -0.1) is 0 Å². The van der Waals surface area contributed by atoms with Crippen LogP contribution in [-0.2, 0) is 14.6 Å². The molecule has 0 rings (SSSR count). The summed E-state index contributed by atoms with van der Waals surface area (Å²) in [7, 11) is -4.35. The summed E-state index contributed by atoms with van der Waals surface area (Å²) in [6.45, 7) is 0. The van der Waals surface area contributed by atoms with E-state index in [1.807, 2.05) is 0 Å². The van der Waals surface area contributed by atoms with Crippen molar-refractivity contribution in [1.29, 1.82) is 0 Å². The Labute approximate surface area is 50.6 Å². The van der Waals surface area contributed by atoms with Crippen molar-refractivity contribution in [2.24, 2.45) is 0 Å². The molecule has 0 aromatic rings. The molecule has 0 unspecified atom stereocenters. The van der Waals surface area contributed by atoms with Crippen LogP contribution in [0.15, 0.2) is 0 Å². The Kier molecular flexibility index (Phi) is 4.62. The van der Waals surface area contributed by atoms with Gasteiger partial charge < -0.3 is 20.1 Å². The molecule has 0 radical (unpaired) electrons. The Morgan fingerprint density at radius 1 is 0.778 bits per heavy atom. The SMILES string of the molecule is OB(O)OOOB(O)O. The van der Waals surface area contributed by atoms with E-state index in [0.717, 1.165) is 0 Å². The van der Waals surface area contributed by atoms with E-state index in [0.29, 0.717) is 0 Å². The molecule has 0 heterocycles. The molecule has 0 aromatic carbocycles. The van der Waals surface area contributed by atoms with Crippen molar-refractivity contribution in [3.63, 3.8) is 0 Å². The lowest BCUT2D eigenvalue weighted by atomic mass is 10.3. The lowest BCUT2D eigenvalue weighted by molar-refractivity contribution is -0.441. The molecule has 0 atom stereocenters. The van der Waals surface area contributed by atoms with Gasteiger partial charge in [-0.25, -0.2) is 9.61 Å². The second kappa shape index (κ2) is 4.70. The van der Waals surface area contributed by atoms with Gasteiger partial charge in [0, 0.05) is 0 Å². The molecule has 0 aliphatic carbocycles. The Balaban J connectivity index is 2.91. The Morgan fingerprint density at radius 2 is 1.11 bits per heavy atom. The maximum Gasteiger partial charge on any atom is 0.664 e. The third kappa shape index (κ3) is 7.85. The first kappa shape index (κ1) is 8.85. The second-order valence-electron chi connectivity index (χ2n) is 0.913. The minimum Gasteiger partial charge on any atom is -0.400 e. The summed E-state index contributed by atoms with van der Waals surface area (Å²) in [4.78, 5) is 6.84. The summed E-state index contributed by atoms with van der Waals surface area (Å²) in [5.41, 5.74) is 0. The Morgan fingerprint density at radius 3 is 1.33 bits per heavy atom. The van der Waals surface area contributed by atoms with Crippen LogP contribution in [0.4, 0.5) is 0 Å². The fraction of sp³-hybridized carbons (Fsp3) is 0. The van der Waals surface area contributed by atoms with Crippen LogP contribution in [-0.4, -0.2) is 34.7 Å². The third-order valence-electron chi connectivity index (χ3n) is 0.251. The van der Waals surface area contributed by atoms with Crippen LogP contribution in [0.1, 0.15) is 0 Å². The van der Waals surface area contributed by atoms with Crippen molar-refractivity contribution >= 4 is 14.6 Å². The smallest absolute Gasteiger partial charge is 0.400 e. The molecule has 0 amide bonds. The summed E-state index contributed by atoms with van der Waals surface area (Å²) >= 11 is 0. The fourth-order valence-electron chi connectivity index (χ4n) is 0.0930. The minimum absolute atomic E-state index is 2.18. The van der Waals surface area contributed by atoms with Crippen molar-refractivity contribution in [3.05, 3.63) is 0 Å². The fourth-order valence-corrected chi connectivity index (χ4v) is 0.0930. The quantitative estimate of drug-likeness (QED) is 0.184. The van der Waals surface area contributed by atoms with Gasteiger partial charge in [0.15, 0.2) is 0 Å². The van der Waals surface area contributed by atoms with E-state index in [2.05, 4.69) is 14.6 Å². The van der Waals surface area contributed by atoms with Crippen molar-refractivity contribution in [1.82, 2.24) is 0 Å². The lowest BCUT2D eigenvalue weighted by Gasteiger charge is -1.98. The predicted molar refractivity (Wildman–Crippen MR) is 23.6 cm³/mol. The zero-order valence-electron chi connectivity index (χ0n) is 4.17. The van der Waals surface area contributed by atoms with Gasteiger partial charge >= 0.3 is 14.6 Å². The molecule has 7 nitrogen and oxygen atoms in total. The van der Waals surface area contributed by atoms with E-state index in [4.69, 9.17) is 20.1 Å². The summed E-state index contributed by atoms with van der Waals surface area (Å²) in [5.74, 6) is 0. The maximum atomic E-state index is 7.83. The predicted octanol–water partition coefficient (Wildman–Crippen LogP) is -3.19. The van der Waals surface area contributed by atoms with E-state index in [1.54, 1.807) is 0 Å². The minimum atomic E-state index is -2.18. The summed E-state index contributed by atoms with van der Waals surface area (Å²) < 4.78 is 0. The standard InChI is InChI=1S/B2H4O7/c3-1(4)7-9-8-2(5)6/h3-6H. The highest BCUT2D eigenvalue weighted by Crippen LogP contribution is 1.81. The van der Waals surface area contributed by atoms with Crippen molar-refractivity contribution in [3.8, 4) is 0 Å². The highest BCUT2D eigenvalue weighted by atomic mass is 17.5. The van der Waals surface area contributed by atoms with Crippen LogP contribution >= 0.6 is 0 Å². The second-order valence-corrected chi connectivity index (χ2v) is 0.913. The van der Waals surface area contributed by atoms with E-state index in [-0.39, 0.29) is 0 Å². The molecule has 0 saturated carbocycles. The van der Waals surface area contributed by atoms with E-state index in [1.165, 1.54) is 0 Å². The van der Waals surface area contributed by atoms with Crippen LogP contribution < -0.4 is 0 Å². The Hall–Kier alpha value is -0.150. The van der Waals surface area contributed by atoms with E-state index in [9.17, 15) is 0 Å². The Bertz CT molecular complexity index is 51.9. The molecule has 0 aliphatic heterocycles. The van der Waals surface area contributed by atoms with Crippen LogP contribution in [0.25, 0.3) is 0 Å². The van der Waals surface area contributed by atoms with Gasteiger partial charge in [0.1, 0.15) is 0 Å². The van der Waals surface area contributed by atoms with E-state index >= 15 is 0 Å². The van der Waals surface area contributed by atoms with Gasteiger partial charge in [-0.3, -0.25) is 0 Å². The van der Waals surface area contributed by atoms with E-state index < -0.39 is 14.6 Å². The van der Waals surface area contributed by atoms with Gasteiger partial charge in [0.2, 0.25) is 0 Å². The number of hydrogen-bond acceptors (Lipinski definition) is 7. The van der Waals surface area contributed by atoms with Gasteiger partial charge in [0.25, 0.3) is 0 Å². The molecule has 0 bridgehead atoms. The molecule has 0 saturated heterocycles. The zero-order chi connectivity index (χ0) is 7.28. The monoisotopic (exact) mass is 138 g/mol. The highest BCUT2D eigenvalue weighted by molar-refractivity contribution is 6.33. The average molecular weight is 138 g/mol. The van der Waals surface area contributed by atoms with Crippen LogP contribution in [0, 0.1) is 0 Å². The van der Waals surface area contributed by atoms with Gasteiger partial charge in [-0.05, 0) is 0 Å². The normalized spacial score (nSPS) is 9.33. The van der Waals surface area contributed by atoms with Gasteiger partial charge in [-0.1, -0.05) is 5.04 Å². The number of rotatable bonds is 4. The van der Waals surface area contributed by atoms with Crippen LogP contribution in [0.2, 0.25) is 0 Å². The summed E-state index contributed by atoms with van der Waals surface area (Å²) in [6.07, 6.45) is 0. The number of hydrogen-bond donors (Lipinski definition) is 4. The average Bonchev–Trinajstić information content (AvgIpc) is 1.63. The molecule has 52 valence electrons. The lowest BCUT2D eigenvalue weighted by Crippen LogP contribution is -2.22. The van der Waals surface area contributed by atoms with Crippen molar-refractivity contribution < 1.29 is 34.7 Å². The summed E-state index contributed by atoms with van der Waals surface area (Å²) in [5, 5.41) is 34.7. The van der Waals surface area contributed by atoms with Gasteiger partial charge in [-0.2, -0.15) is 0 Å². The molecule has 0 spiro atoms. The molecule has 4 N–H and O–H groups in total. The van der Waals surface area contributed by atoms with Crippen molar-refractivity contribution in [2.75, 3.05) is 0 Å². The molecule has 0 aliphatic rings. The topological polar surface area (TPSA) is 109 Å². The third-order valence-corrected chi connectivity index (χ3v) is 0.251. The first-order valence-electron chi connectivity index (χ1n) is 1.84. The van der Waals surface area contributed by atoms with Crippen molar-refractivity contribution in [2.45, 2.75) is 0 Å². The first-order valence-corrected chi connectivity index (χ1v) is 1.84. The molecule has 9 heteroatoms. The van der Waals surface area contributed by atoms with Crippen LogP contribution in [0.3, 0.4) is 0 Å². The largest absolute Gasteiger partial charge is 0.664 e. The molecule has 0 aromatic heterocycles. The molecular formula is H4B2O7. The summed E-state index contributed by atoms with van der Waals surface area (Å²) in [6, 6.07) is 0.